The Morgan fingerprint density at radius 1 is 1.44 bits per heavy atom. The van der Waals surface area contributed by atoms with Crippen LogP contribution in [0, 0.1) is 0 Å². The first-order valence-electron chi connectivity index (χ1n) is 3.89. The fourth-order valence-corrected chi connectivity index (χ4v) is 0.554. The van der Waals surface area contributed by atoms with Crippen molar-refractivity contribution in [2.24, 2.45) is 19.1 Å². The molecule has 0 N–H and O–H groups in total. The molecule has 0 saturated heterocycles. The maximum atomic E-state index is 6.89. The molecule has 0 spiro atoms. The molecule has 0 aliphatic rings. The first kappa shape index (κ1) is 3.14. The minimum absolute atomic E-state index is 0.218. The van der Waals surface area contributed by atoms with Crippen LogP contribution in [0.1, 0.15) is 4.11 Å². The fourth-order valence-electron chi connectivity index (χ4n) is 0.554. The summed E-state index contributed by atoms with van der Waals surface area (Å²) in [5.74, 6) is 0. The molecule has 0 fully saturated rings. The molecule has 0 unspecified atom stereocenters. The van der Waals surface area contributed by atoms with Gasteiger partial charge in [-0.25, -0.2) is 9.36 Å². The van der Waals surface area contributed by atoms with Gasteiger partial charge < -0.3 is 0 Å². The Kier molecular flexibility index (Phi) is 0.700. The van der Waals surface area contributed by atoms with E-state index in [2.05, 4.69) is 15.4 Å². The normalized spacial score (nSPS) is 16.0. The highest BCUT2D eigenvalue weighted by Gasteiger charge is 1.90. The molecule has 1 heterocycles. The predicted octanol–water partition coefficient (Wildman–Crippen LogP) is -1.32. The molecule has 0 aliphatic carbocycles. The zero-order valence-corrected chi connectivity index (χ0v) is 5.24. The summed E-state index contributed by atoms with van der Waals surface area (Å²) in [5.41, 5.74) is 0.218. The van der Waals surface area contributed by atoms with Crippen LogP contribution in [0.25, 0.3) is 0 Å². The van der Waals surface area contributed by atoms with Crippen molar-refractivity contribution in [1.29, 1.82) is 0 Å². The maximum Gasteiger partial charge on any atom is 0.240 e. The van der Waals surface area contributed by atoms with Gasteiger partial charge in [-0.1, -0.05) is 0 Å². The van der Waals surface area contributed by atoms with Crippen LogP contribution in [0.3, 0.4) is 0 Å². The molecule has 5 heteroatoms. The number of hydrogen-bond acceptors (Lipinski definition) is 3. The topological polar surface area (TPSA) is 48.0 Å². The Hall–Kier alpha value is -1.13. The lowest BCUT2D eigenvalue weighted by Gasteiger charge is -1.84. The van der Waals surface area contributed by atoms with Crippen LogP contribution in [0.15, 0.2) is 4.99 Å². The van der Waals surface area contributed by atoms with Crippen LogP contribution in [-0.4, -0.2) is 26.8 Å². The van der Waals surface area contributed by atoms with E-state index in [1.807, 2.05) is 0 Å². The molecule has 0 aliphatic heterocycles. The second-order valence-corrected chi connectivity index (χ2v) is 1.64. The Bertz CT molecular complexity index is 309. The van der Waals surface area contributed by atoms with E-state index in [0.29, 0.717) is 0 Å². The minimum Gasteiger partial charge on any atom is -0.253 e. The van der Waals surface area contributed by atoms with Crippen LogP contribution in [-0.2, 0) is 14.1 Å². The Morgan fingerprint density at radius 2 is 2.00 bits per heavy atom. The molecule has 0 saturated carbocycles. The number of aryl methyl sites for hydroxylation is 2. The third kappa shape index (κ3) is 0.847. The lowest BCUT2D eigenvalue weighted by molar-refractivity contribution is 0.681. The summed E-state index contributed by atoms with van der Waals surface area (Å²) < 4.78 is 23.3. The largest absolute Gasteiger partial charge is 0.253 e. The molecule has 0 bridgehead atoms. The highest BCUT2D eigenvalue weighted by Crippen LogP contribution is 1.60. The summed E-state index contributed by atoms with van der Waals surface area (Å²) in [4.78, 5) is 3.45. The van der Waals surface area contributed by atoms with Gasteiger partial charge in [0.05, 0.1) is 0 Å². The zero-order chi connectivity index (χ0) is 9.35. The molecule has 50 valence electrons. The van der Waals surface area contributed by atoms with E-state index in [1.54, 1.807) is 14.1 Å². The molecular weight excluding hydrogens is 118 g/mol. The number of aromatic nitrogens is 4. The van der Waals surface area contributed by atoms with Gasteiger partial charge >= 0.3 is 0 Å². The van der Waals surface area contributed by atoms with Crippen molar-refractivity contribution in [2.45, 2.75) is 0 Å². The zero-order valence-electron chi connectivity index (χ0n) is 8.24. The average Bonchev–Trinajstić information content (AvgIpc) is 2.16. The van der Waals surface area contributed by atoms with Crippen LogP contribution in [0.4, 0.5) is 0 Å². The van der Waals surface area contributed by atoms with Gasteiger partial charge in [0.1, 0.15) is 0 Å². The van der Waals surface area contributed by atoms with Gasteiger partial charge in [0.15, 0.2) is 0 Å². The van der Waals surface area contributed by atoms with Gasteiger partial charge in [-0.15, -0.1) is 0 Å². The van der Waals surface area contributed by atoms with E-state index >= 15 is 0 Å². The summed E-state index contributed by atoms with van der Waals surface area (Å²) in [6, 6.07) is 0. The van der Waals surface area contributed by atoms with E-state index in [9.17, 15) is 0 Å². The third-order valence-corrected chi connectivity index (χ3v) is 0.987. The first-order valence-corrected chi connectivity index (χ1v) is 2.39. The Balaban J connectivity index is 3.26. The van der Waals surface area contributed by atoms with Crippen LogP contribution in [0.2, 0.25) is 0 Å². The van der Waals surface area contributed by atoms with Crippen LogP contribution >= 0.6 is 0 Å². The second-order valence-electron chi connectivity index (χ2n) is 1.64. The van der Waals surface area contributed by atoms with Crippen molar-refractivity contribution in [1.82, 2.24) is 19.8 Å². The summed E-state index contributed by atoms with van der Waals surface area (Å²) in [5, 5.41) is 7.17. The van der Waals surface area contributed by atoms with E-state index in [4.69, 9.17) is 4.11 Å². The van der Waals surface area contributed by atoms with Crippen molar-refractivity contribution in [3.63, 3.8) is 0 Å². The van der Waals surface area contributed by atoms with Gasteiger partial charge in [-0.05, 0) is 10.4 Å². The lowest BCUT2D eigenvalue weighted by atomic mass is 11.0. The maximum absolute atomic E-state index is 6.89. The summed E-state index contributed by atoms with van der Waals surface area (Å²) in [6.07, 6.45) is 0. The molecule has 1 aromatic rings. The van der Waals surface area contributed by atoms with Gasteiger partial charge in [0.25, 0.3) is 0 Å². The number of hydrogen-bond donors (Lipinski definition) is 0. The molecular formula is C4H9N5. The molecule has 0 amide bonds. The number of tetrazole rings is 1. The smallest absolute Gasteiger partial charge is 0.240 e. The van der Waals surface area contributed by atoms with E-state index in [-0.39, 0.29) is 5.62 Å². The van der Waals surface area contributed by atoms with E-state index in [1.165, 1.54) is 9.36 Å². The van der Waals surface area contributed by atoms with Crippen molar-refractivity contribution in [2.75, 3.05) is 6.98 Å². The minimum atomic E-state index is -2.34. The molecule has 9 heavy (non-hydrogen) atoms. The van der Waals surface area contributed by atoms with E-state index < -0.39 is 6.98 Å². The van der Waals surface area contributed by atoms with E-state index in [0.717, 1.165) is 0 Å². The highest BCUT2D eigenvalue weighted by atomic mass is 15.6. The Labute approximate surface area is 56.8 Å². The van der Waals surface area contributed by atoms with Crippen molar-refractivity contribution in [3.05, 3.63) is 5.62 Å². The Morgan fingerprint density at radius 3 is 2.44 bits per heavy atom. The standard InChI is InChI=1S/C4H9N5/c1-5-4-8(2)6-7-9(4)3/h1-3H3/i1D3. The fraction of sp³-hybridized carbons (Fsp3) is 0.750. The quantitative estimate of drug-likeness (QED) is 0.437. The summed E-state index contributed by atoms with van der Waals surface area (Å²) in [7, 11) is 3.16. The second kappa shape index (κ2) is 2.00. The predicted molar refractivity (Wildman–Crippen MR) is 31.5 cm³/mol. The molecule has 0 aromatic carbocycles. The first-order chi connectivity index (χ1) is 5.40. The monoisotopic (exact) mass is 130 g/mol. The number of nitrogens with zero attached hydrogens (tertiary/aromatic N) is 5. The van der Waals surface area contributed by atoms with Gasteiger partial charge in [0, 0.05) is 25.2 Å². The van der Waals surface area contributed by atoms with Crippen molar-refractivity contribution < 1.29 is 4.11 Å². The molecule has 0 radical (unpaired) electrons. The molecule has 1 aromatic heterocycles. The van der Waals surface area contributed by atoms with Gasteiger partial charge in [-0.2, -0.15) is 0 Å². The van der Waals surface area contributed by atoms with Crippen LogP contribution in [0.5, 0.6) is 0 Å². The molecule has 0 atom stereocenters. The molecule has 1 rings (SSSR count). The molecule has 5 nitrogen and oxygen atoms in total. The lowest BCUT2D eigenvalue weighted by Crippen LogP contribution is -2.22. The van der Waals surface area contributed by atoms with Crippen LogP contribution < -0.4 is 5.62 Å². The highest BCUT2D eigenvalue weighted by molar-refractivity contribution is 4.48. The van der Waals surface area contributed by atoms with Gasteiger partial charge in [0.2, 0.25) is 5.62 Å². The average molecular weight is 130 g/mol. The summed E-state index contributed by atoms with van der Waals surface area (Å²) in [6.45, 7) is -2.34. The number of rotatable bonds is 0. The SMILES string of the molecule is [2H]C([2H])([2H])N=c1n(C)nnn1C. The van der Waals surface area contributed by atoms with Crippen molar-refractivity contribution >= 4 is 0 Å². The van der Waals surface area contributed by atoms with Crippen molar-refractivity contribution in [3.8, 4) is 0 Å². The van der Waals surface area contributed by atoms with Gasteiger partial charge in [-0.3, -0.25) is 4.99 Å². The third-order valence-electron chi connectivity index (χ3n) is 0.987. The summed E-state index contributed by atoms with van der Waals surface area (Å²) >= 11 is 0.